The van der Waals surface area contributed by atoms with Gasteiger partial charge in [-0.15, -0.1) is 5.06 Å². The average molecular weight is 809 g/mol. The van der Waals surface area contributed by atoms with Crippen molar-refractivity contribution in [2.75, 3.05) is 23.7 Å². The zero-order chi connectivity index (χ0) is 40.9. The van der Waals surface area contributed by atoms with Crippen LogP contribution in [0.5, 0.6) is 11.5 Å². The first kappa shape index (κ1) is 38.4. The number of allylic oxidation sites excluding steroid dienone is 1. The van der Waals surface area contributed by atoms with E-state index in [0.717, 1.165) is 95.4 Å². The van der Waals surface area contributed by atoms with Crippen molar-refractivity contribution in [2.45, 2.75) is 116 Å². The molecule has 0 aliphatic carbocycles. The fraction of sp³-hybridized carbons (Fsp3) is 0.477. The van der Waals surface area contributed by atoms with Crippen molar-refractivity contribution in [1.82, 2.24) is 19.2 Å². The quantitative estimate of drug-likeness (QED) is 0.102. The van der Waals surface area contributed by atoms with Crippen molar-refractivity contribution in [3.05, 3.63) is 80.9 Å². The van der Waals surface area contributed by atoms with Crippen LogP contribution in [-0.4, -0.2) is 75.3 Å². The molecule has 0 spiro atoms. The van der Waals surface area contributed by atoms with Gasteiger partial charge in [0.25, 0.3) is 21.9 Å². The highest BCUT2D eigenvalue weighted by Crippen LogP contribution is 2.52. The van der Waals surface area contributed by atoms with Crippen LogP contribution in [-0.2, 0) is 48.7 Å². The van der Waals surface area contributed by atoms with Crippen LogP contribution in [0.4, 0.5) is 5.69 Å². The van der Waals surface area contributed by atoms with Crippen LogP contribution in [0.3, 0.4) is 0 Å². The van der Waals surface area contributed by atoms with Gasteiger partial charge in [-0.05, 0) is 82.2 Å². The van der Waals surface area contributed by atoms with Crippen molar-refractivity contribution in [1.29, 1.82) is 0 Å². The number of amides is 2. The molecule has 2 amide bonds. The van der Waals surface area contributed by atoms with Crippen LogP contribution < -0.4 is 24.8 Å². The summed E-state index contributed by atoms with van der Waals surface area (Å²) in [6, 6.07) is 4.31. The van der Waals surface area contributed by atoms with Crippen molar-refractivity contribution in [3.8, 4) is 11.5 Å². The number of aromatic nitrogens is 2. The zero-order valence-corrected chi connectivity index (χ0v) is 34.6. The second kappa shape index (κ2) is 13.8. The van der Waals surface area contributed by atoms with E-state index in [1.54, 1.807) is 6.20 Å². The molecule has 6 aliphatic rings. The molecule has 58 heavy (non-hydrogen) atoms. The minimum atomic E-state index is -4.35. The van der Waals surface area contributed by atoms with Gasteiger partial charge in [-0.2, -0.15) is 8.42 Å². The smallest absolute Gasteiger partial charge is 0.333 e. The van der Waals surface area contributed by atoms with Gasteiger partial charge in [0.1, 0.15) is 29.6 Å². The van der Waals surface area contributed by atoms with Crippen LogP contribution in [0.1, 0.15) is 120 Å². The lowest BCUT2D eigenvalue weighted by Crippen LogP contribution is -2.53. The Kier molecular flexibility index (Phi) is 9.12. The molecule has 0 radical (unpaired) electrons. The lowest BCUT2D eigenvalue weighted by atomic mass is 9.80. The number of carbonyl (C=O) groups is 3. The van der Waals surface area contributed by atoms with Gasteiger partial charge in [0.15, 0.2) is 5.54 Å². The maximum Gasteiger partial charge on any atom is 0.333 e. The predicted octanol–water partition coefficient (Wildman–Crippen LogP) is 4.85. The van der Waals surface area contributed by atoms with Gasteiger partial charge in [0.05, 0.1) is 22.4 Å². The number of fused-ring (bicyclic) bond motifs is 4. The second-order valence-corrected chi connectivity index (χ2v) is 19.0. The Morgan fingerprint density at radius 3 is 2.47 bits per heavy atom. The molecule has 0 unspecified atom stereocenters. The first-order chi connectivity index (χ1) is 27.5. The summed E-state index contributed by atoms with van der Waals surface area (Å²) in [6.07, 6.45) is 13.7. The zero-order valence-electron chi connectivity index (χ0n) is 33.8. The standard InChI is InChI=1S/C44H49N5O8S/c1-26-23-43(2,3)47-18-9-11-28-38(47)30(26)21-32-37(42-45-16-20-46(42)17-8-6-7-13-36(52)57-49-34(50)14-15-35(49)51)33-22-31-27(25-58(53,54)55)24-44(4,5)48-19-10-12-29(39(31)48)41(33)56-40(28)32/h16,20-24H,6-15,17-19,25H2,1-5H3/p+1. The number of carbonyl (C=O) groups excluding carboxylic acids is 3. The number of imidazole rings is 1. The van der Waals surface area contributed by atoms with Crippen molar-refractivity contribution in [3.63, 3.8) is 0 Å². The summed E-state index contributed by atoms with van der Waals surface area (Å²) in [4.78, 5) is 48.8. The van der Waals surface area contributed by atoms with Gasteiger partial charge in [-0.1, -0.05) is 12.5 Å². The number of nitrogens with zero attached hydrogens (tertiary/aromatic N) is 5. The summed E-state index contributed by atoms with van der Waals surface area (Å²) >= 11 is 0. The lowest BCUT2D eigenvalue weighted by molar-refractivity contribution is -0.197. The maximum atomic E-state index is 12.5. The average Bonchev–Trinajstić information content (AvgIpc) is 3.75. The first-order valence-corrected chi connectivity index (χ1v) is 22.1. The van der Waals surface area contributed by atoms with Crippen LogP contribution >= 0.6 is 0 Å². The summed E-state index contributed by atoms with van der Waals surface area (Å²) in [5.41, 5.74) is 8.34. The van der Waals surface area contributed by atoms with Gasteiger partial charge >= 0.3 is 5.97 Å². The van der Waals surface area contributed by atoms with E-state index < -0.39 is 39.2 Å². The van der Waals surface area contributed by atoms with E-state index in [2.05, 4.69) is 66.9 Å². The van der Waals surface area contributed by atoms with Gasteiger partial charge in [-0.3, -0.25) is 14.1 Å². The molecule has 0 bridgehead atoms. The molecule has 1 aromatic heterocycles. The molecular formula is C44H50N5O8S+. The molecule has 0 atom stereocenters. The van der Waals surface area contributed by atoms with Crippen LogP contribution in [0.2, 0.25) is 0 Å². The van der Waals surface area contributed by atoms with E-state index in [4.69, 9.17) is 14.6 Å². The number of ether oxygens (including phenoxy) is 1. The van der Waals surface area contributed by atoms with Gasteiger partial charge in [0, 0.05) is 92.5 Å². The molecule has 13 nitrogen and oxygen atoms in total. The topological polar surface area (TPSA) is 151 Å². The number of benzene rings is 2. The van der Waals surface area contributed by atoms with Crippen molar-refractivity contribution < 1.29 is 36.9 Å². The number of hydrogen-bond acceptors (Lipinski definition) is 9. The third kappa shape index (κ3) is 6.39. The SMILES string of the molecule is CC1=CC(C)(C)N2CCCc3c4c(cc1c32)C(c1nccn1CCCCCC(=O)ON1C(=O)CCC1=O)=c1cc2c3c(c1O4)CCC[N+]=3C(C)(C)C=C2CS(=O)(=O)O. The summed E-state index contributed by atoms with van der Waals surface area (Å²) in [5, 5.41) is 2.39. The summed E-state index contributed by atoms with van der Waals surface area (Å²) < 4.78 is 47.0. The van der Waals surface area contributed by atoms with Crippen LogP contribution in [0.15, 0.2) is 36.7 Å². The molecule has 14 heteroatoms. The third-order valence-electron chi connectivity index (χ3n) is 12.6. The Morgan fingerprint density at radius 1 is 0.948 bits per heavy atom. The molecule has 6 aliphatic heterocycles. The highest BCUT2D eigenvalue weighted by Gasteiger charge is 2.43. The number of rotatable bonds is 10. The Morgan fingerprint density at radius 2 is 1.71 bits per heavy atom. The summed E-state index contributed by atoms with van der Waals surface area (Å²) in [6.45, 7) is 13.2. The molecule has 1 fully saturated rings. The largest absolute Gasteiger partial charge is 0.455 e. The Labute approximate surface area is 338 Å². The molecular weight excluding hydrogens is 759 g/mol. The number of aryl methyl sites for hydroxylation is 1. The van der Waals surface area contributed by atoms with Gasteiger partial charge in [-0.25, -0.2) is 14.4 Å². The van der Waals surface area contributed by atoms with E-state index in [1.807, 2.05) is 12.3 Å². The number of hydroxylamine groups is 2. The fourth-order valence-electron chi connectivity index (χ4n) is 10.2. The minimum Gasteiger partial charge on any atom is -0.455 e. The van der Waals surface area contributed by atoms with Crippen molar-refractivity contribution in [2.24, 2.45) is 0 Å². The van der Waals surface area contributed by atoms with Crippen LogP contribution in [0, 0.1) is 0 Å². The molecule has 304 valence electrons. The minimum absolute atomic E-state index is 0.0546. The summed E-state index contributed by atoms with van der Waals surface area (Å²) in [7, 11) is -4.35. The third-order valence-corrected chi connectivity index (χ3v) is 13.3. The van der Waals surface area contributed by atoms with E-state index in [1.165, 1.54) is 22.4 Å². The first-order valence-electron chi connectivity index (χ1n) is 20.5. The van der Waals surface area contributed by atoms with Crippen LogP contribution in [0.25, 0.3) is 16.7 Å². The van der Waals surface area contributed by atoms with E-state index in [0.29, 0.717) is 30.0 Å². The fourth-order valence-corrected chi connectivity index (χ4v) is 10.8. The molecule has 3 aromatic rings. The second-order valence-electron chi connectivity index (χ2n) is 17.6. The monoisotopic (exact) mass is 808 g/mol. The molecule has 9 rings (SSSR count). The highest BCUT2D eigenvalue weighted by molar-refractivity contribution is 7.86. The maximum absolute atomic E-state index is 12.5. The Balaban J connectivity index is 1.17. The normalized spacial score (nSPS) is 19.8. The molecule has 7 heterocycles. The van der Waals surface area contributed by atoms with E-state index in [9.17, 15) is 27.4 Å². The molecule has 0 saturated carbocycles. The van der Waals surface area contributed by atoms with E-state index in [-0.39, 0.29) is 24.8 Å². The molecule has 1 N–H and O–H groups in total. The number of hydrogen-bond donors (Lipinski definition) is 1. The highest BCUT2D eigenvalue weighted by atomic mass is 32.2. The Hall–Kier alpha value is -5.08. The summed E-state index contributed by atoms with van der Waals surface area (Å²) in [5.74, 6) is 0.285. The number of unbranched alkanes of at least 4 members (excludes halogenated alkanes) is 2. The molecule has 1 saturated heterocycles. The predicted molar refractivity (Wildman–Crippen MR) is 218 cm³/mol. The molecule has 2 aromatic carbocycles. The Bertz CT molecular complexity index is 2640. The number of imide groups is 1. The van der Waals surface area contributed by atoms with Gasteiger partial charge < -0.3 is 19.0 Å². The van der Waals surface area contributed by atoms with Crippen molar-refractivity contribution >= 4 is 50.3 Å². The number of anilines is 1. The van der Waals surface area contributed by atoms with E-state index >= 15 is 0 Å². The lowest BCUT2D eigenvalue weighted by Gasteiger charge is -2.47. The van der Waals surface area contributed by atoms with Gasteiger partial charge in [0.2, 0.25) is 5.36 Å².